The number of aromatic nitrogens is 3. The summed E-state index contributed by atoms with van der Waals surface area (Å²) in [7, 11) is 0. The van der Waals surface area contributed by atoms with E-state index in [9.17, 15) is 14.4 Å². The summed E-state index contributed by atoms with van der Waals surface area (Å²) >= 11 is 0. The van der Waals surface area contributed by atoms with Gasteiger partial charge in [-0.05, 0) is 36.4 Å². The Hall–Kier alpha value is -3.81. The maximum absolute atomic E-state index is 12.3. The third-order valence-electron chi connectivity index (χ3n) is 4.21. The highest BCUT2D eigenvalue weighted by atomic mass is 16.5. The number of imide groups is 1. The number of nitrogens with zero attached hydrogens (tertiary/aromatic N) is 4. The number of hydrogen-bond acceptors (Lipinski definition) is 6. The number of fused-ring (bicyclic) bond motifs is 1. The highest BCUT2D eigenvalue weighted by molar-refractivity contribution is 6.21. The molecule has 1 aromatic heterocycles. The van der Waals surface area contributed by atoms with Crippen molar-refractivity contribution in [3.8, 4) is 5.69 Å². The van der Waals surface area contributed by atoms with Gasteiger partial charge in [-0.3, -0.25) is 14.5 Å². The van der Waals surface area contributed by atoms with Gasteiger partial charge in [-0.1, -0.05) is 12.1 Å². The zero-order valence-electron chi connectivity index (χ0n) is 14.1. The topological polar surface area (TPSA) is 94.4 Å². The minimum atomic E-state index is -0.531. The molecule has 2 heterocycles. The molecule has 0 unspecified atom stereocenters. The SMILES string of the molecule is O=C(OCCN1C(=O)c2ccccc2C1=O)c1ccc(-n2cncn2)cc1. The maximum atomic E-state index is 12.3. The summed E-state index contributed by atoms with van der Waals surface area (Å²) in [6.07, 6.45) is 2.97. The van der Waals surface area contributed by atoms with Gasteiger partial charge in [-0.25, -0.2) is 14.5 Å². The normalized spacial score (nSPS) is 13.0. The van der Waals surface area contributed by atoms with Gasteiger partial charge < -0.3 is 4.74 Å². The summed E-state index contributed by atoms with van der Waals surface area (Å²) in [6, 6.07) is 13.3. The maximum Gasteiger partial charge on any atom is 0.338 e. The van der Waals surface area contributed by atoms with Gasteiger partial charge in [0.1, 0.15) is 19.3 Å². The van der Waals surface area contributed by atoms with E-state index in [-0.39, 0.29) is 25.0 Å². The molecular weight excluding hydrogens is 348 g/mol. The molecule has 27 heavy (non-hydrogen) atoms. The van der Waals surface area contributed by atoms with Crippen molar-refractivity contribution >= 4 is 17.8 Å². The Balaban J connectivity index is 1.35. The van der Waals surface area contributed by atoms with Gasteiger partial charge >= 0.3 is 5.97 Å². The van der Waals surface area contributed by atoms with Gasteiger partial charge in [0.25, 0.3) is 11.8 Å². The molecule has 0 saturated heterocycles. The average Bonchev–Trinajstić information content (AvgIpc) is 3.32. The fraction of sp³-hybridized carbons (Fsp3) is 0.105. The van der Waals surface area contributed by atoms with Crippen LogP contribution in [0.2, 0.25) is 0 Å². The molecule has 8 heteroatoms. The molecule has 0 saturated carbocycles. The van der Waals surface area contributed by atoms with Crippen molar-refractivity contribution in [2.24, 2.45) is 0 Å². The third kappa shape index (κ3) is 3.08. The largest absolute Gasteiger partial charge is 0.460 e. The number of esters is 1. The predicted octanol–water partition coefficient (Wildman–Crippen LogP) is 1.72. The lowest BCUT2D eigenvalue weighted by molar-refractivity contribution is 0.0420. The third-order valence-corrected chi connectivity index (χ3v) is 4.21. The molecule has 4 rings (SSSR count). The van der Waals surface area contributed by atoms with Crippen LogP contribution in [-0.2, 0) is 4.74 Å². The van der Waals surface area contributed by atoms with Gasteiger partial charge in [0.15, 0.2) is 0 Å². The van der Waals surface area contributed by atoms with Crippen LogP contribution in [0.4, 0.5) is 0 Å². The van der Waals surface area contributed by atoms with Crippen LogP contribution in [0.25, 0.3) is 5.69 Å². The van der Waals surface area contributed by atoms with Crippen LogP contribution in [0.5, 0.6) is 0 Å². The van der Waals surface area contributed by atoms with Crippen LogP contribution < -0.4 is 0 Å². The number of benzene rings is 2. The smallest absolute Gasteiger partial charge is 0.338 e. The molecule has 1 aliphatic heterocycles. The number of ether oxygens (including phenoxy) is 1. The van der Waals surface area contributed by atoms with Crippen molar-refractivity contribution in [2.45, 2.75) is 0 Å². The Bertz CT molecular complexity index is 977. The first-order valence-electron chi connectivity index (χ1n) is 8.22. The average molecular weight is 362 g/mol. The van der Waals surface area contributed by atoms with E-state index in [0.29, 0.717) is 16.7 Å². The Morgan fingerprint density at radius 2 is 1.63 bits per heavy atom. The molecule has 0 spiro atoms. The van der Waals surface area contributed by atoms with E-state index in [2.05, 4.69) is 10.1 Å². The molecule has 0 bridgehead atoms. The summed E-state index contributed by atoms with van der Waals surface area (Å²) in [5.41, 5.74) is 1.87. The number of hydrogen-bond donors (Lipinski definition) is 0. The first-order valence-corrected chi connectivity index (χ1v) is 8.22. The molecule has 8 nitrogen and oxygen atoms in total. The fourth-order valence-electron chi connectivity index (χ4n) is 2.85. The molecule has 0 fully saturated rings. The fourth-order valence-corrected chi connectivity index (χ4v) is 2.85. The minimum Gasteiger partial charge on any atom is -0.460 e. The van der Waals surface area contributed by atoms with Crippen LogP contribution >= 0.6 is 0 Å². The second-order valence-electron chi connectivity index (χ2n) is 5.83. The van der Waals surface area contributed by atoms with Crippen LogP contribution in [0.1, 0.15) is 31.1 Å². The summed E-state index contributed by atoms with van der Waals surface area (Å²) < 4.78 is 6.76. The Morgan fingerprint density at radius 3 is 2.22 bits per heavy atom. The second kappa shape index (κ2) is 6.83. The van der Waals surface area contributed by atoms with Gasteiger partial charge in [-0.15, -0.1) is 0 Å². The molecule has 0 N–H and O–H groups in total. The van der Waals surface area contributed by atoms with Gasteiger partial charge in [-0.2, -0.15) is 5.10 Å². The van der Waals surface area contributed by atoms with E-state index in [1.165, 1.54) is 6.33 Å². The van der Waals surface area contributed by atoms with Gasteiger partial charge in [0, 0.05) is 0 Å². The molecule has 0 radical (unpaired) electrons. The van der Waals surface area contributed by atoms with Crippen molar-refractivity contribution in [1.82, 2.24) is 19.7 Å². The first kappa shape index (κ1) is 16.6. The summed E-state index contributed by atoms with van der Waals surface area (Å²) in [6.45, 7) is -0.0652. The van der Waals surface area contributed by atoms with E-state index in [4.69, 9.17) is 4.74 Å². The Kier molecular flexibility index (Phi) is 4.21. The lowest BCUT2D eigenvalue weighted by Crippen LogP contribution is -2.33. The number of carbonyl (C=O) groups is 3. The van der Waals surface area contributed by atoms with E-state index in [1.807, 2.05) is 0 Å². The highest BCUT2D eigenvalue weighted by Gasteiger charge is 2.34. The second-order valence-corrected chi connectivity index (χ2v) is 5.83. The molecule has 0 atom stereocenters. The van der Waals surface area contributed by atoms with E-state index in [1.54, 1.807) is 59.5 Å². The summed E-state index contributed by atoms with van der Waals surface area (Å²) in [4.78, 5) is 41.6. The molecule has 2 aromatic carbocycles. The molecule has 1 aliphatic rings. The molecule has 0 aliphatic carbocycles. The highest BCUT2D eigenvalue weighted by Crippen LogP contribution is 2.22. The van der Waals surface area contributed by atoms with Crippen molar-refractivity contribution in [1.29, 1.82) is 0 Å². The molecule has 134 valence electrons. The standard InChI is InChI=1S/C19H14N4O4/c24-17-15-3-1-2-4-16(15)18(25)22(17)9-10-27-19(26)13-5-7-14(8-6-13)23-12-20-11-21-23/h1-8,11-12H,9-10H2. The number of rotatable bonds is 5. The summed E-state index contributed by atoms with van der Waals surface area (Å²) in [5.74, 6) is -1.27. The van der Waals surface area contributed by atoms with Crippen LogP contribution in [0, 0.1) is 0 Å². The molecule has 3 aromatic rings. The van der Waals surface area contributed by atoms with Crippen molar-refractivity contribution in [3.63, 3.8) is 0 Å². The molecule has 2 amide bonds. The van der Waals surface area contributed by atoms with E-state index >= 15 is 0 Å². The summed E-state index contributed by atoms with van der Waals surface area (Å²) in [5, 5.41) is 4.01. The Labute approximate surface area is 154 Å². The number of carbonyl (C=O) groups excluding carboxylic acids is 3. The van der Waals surface area contributed by atoms with Crippen LogP contribution in [-0.4, -0.2) is 50.6 Å². The monoisotopic (exact) mass is 362 g/mol. The van der Waals surface area contributed by atoms with Crippen molar-refractivity contribution in [3.05, 3.63) is 77.9 Å². The lowest BCUT2D eigenvalue weighted by Gasteiger charge is -2.13. The predicted molar refractivity (Wildman–Crippen MR) is 93.5 cm³/mol. The Morgan fingerprint density at radius 1 is 0.963 bits per heavy atom. The van der Waals surface area contributed by atoms with Gasteiger partial charge in [0.2, 0.25) is 0 Å². The molecular formula is C19H14N4O4. The van der Waals surface area contributed by atoms with Crippen molar-refractivity contribution < 1.29 is 19.1 Å². The van der Waals surface area contributed by atoms with E-state index < -0.39 is 5.97 Å². The lowest BCUT2D eigenvalue weighted by atomic mass is 10.1. The minimum absolute atomic E-state index is 0.00905. The van der Waals surface area contributed by atoms with Gasteiger partial charge in [0.05, 0.1) is 28.9 Å². The zero-order valence-corrected chi connectivity index (χ0v) is 14.1. The van der Waals surface area contributed by atoms with E-state index in [0.717, 1.165) is 10.6 Å². The number of amides is 2. The quantitative estimate of drug-likeness (QED) is 0.507. The first-order chi connectivity index (χ1) is 13.1. The van der Waals surface area contributed by atoms with Crippen LogP contribution in [0.15, 0.2) is 61.2 Å². The zero-order chi connectivity index (χ0) is 18.8. The van der Waals surface area contributed by atoms with Crippen LogP contribution in [0.3, 0.4) is 0 Å². The van der Waals surface area contributed by atoms with Crippen molar-refractivity contribution in [2.75, 3.05) is 13.2 Å².